The molecule has 2 heterocycles. The average molecular weight is 463 g/mol. The summed E-state index contributed by atoms with van der Waals surface area (Å²) in [5.41, 5.74) is 1.47. The van der Waals surface area contributed by atoms with Crippen LogP contribution in [0.2, 0.25) is 0 Å². The first-order chi connectivity index (χ1) is 15.3. The first kappa shape index (κ1) is 25.3. The van der Waals surface area contributed by atoms with E-state index in [-0.39, 0.29) is 12.5 Å². The second-order valence-corrected chi connectivity index (χ2v) is 11.9. The summed E-state index contributed by atoms with van der Waals surface area (Å²) in [6, 6.07) is 7.39. The third-order valence-electron chi connectivity index (χ3n) is 6.47. The molecule has 1 saturated heterocycles. The van der Waals surface area contributed by atoms with Crippen molar-refractivity contribution in [3.05, 3.63) is 36.0 Å². The molecule has 1 aromatic carbocycles. The van der Waals surface area contributed by atoms with Crippen LogP contribution < -0.4 is 4.74 Å². The predicted molar refractivity (Wildman–Crippen MR) is 133 cm³/mol. The molecule has 0 saturated carbocycles. The van der Waals surface area contributed by atoms with E-state index in [1.165, 1.54) is 12.2 Å². The van der Waals surface area contributed by atoms with Crippen molar-refractivity contribution >= 4 is 22.7 Å². The van der Waals surface area contributed by atoms with Crippen molar-refractivity contribution in [2.75, 3.05) is 39.1 Å². The van der Waals surface area contributed by atoms with Gasteiger partial charge in [0.05, 0.1) is 12.6 Å². The normalized spacial score (nSPS) is 21.1. The molecule has 178 valence electrons. The van der Waals surface area contributed by atoms with E-state index in [1.54, 1.807) is 19.4 Å². The molecule has 0 aliphatic carbocycles. The Morgan fingerprint density at radius 2 is 2.09 bits per heavy atom. The number of nitrogens with zero attached hydrogens (tertiary/aromatic N) is 2. The molecule has 32 heavy (non-hydrogen) atoms. The van der Waals surface area contributed by atoms with E-state index in [1.807, 2.05) is 30.0 Å². The Morgan fingerprint density at radius 3 is 2.81 bits per heavy atom. The minimum atomic E-state index is -1.04. The van der Waals surface area contributed by atoms with E-state index in [9.17, 15) is 5.11 Å². The molecule has 1 fully saturated rings. The number of piperidine rings is 1. The Balaban J connectivity index is 1.53. The van der Waals surface area contributed by atoms with Gasteiger partial charge < -0.3 is 14.7 Å². The number of rotatable bonds is 10. The summed E-state index contributed by atoms with van der Waals surface area (Å²) >= 11 is 2.01. The second kappa shape index (κ2) is 11.7. The van der Waals surface area contributed by atoms with E-state index in [4.69, 9.17) is 4.74 Å². The Hall–Kier alpha value is -1.37. The molecule has 6 heteroatoms. The molecule has 1 aliphatic rings. The topological polar surface area (TPSA) is 45.6 Å². The van der Waals surface area contributed by atoms with Crippen LogP contribution in [0.25, 0.3) is 10.9 Å². The van der Waals surface area contributed by atoms with Crippen LogP contribution in [-0.2, 0) is 0 Å². The summed E-state index contributed by atoms with van der Waals surface area (Å²) in [5, 5.41) is 10.8. The zero-order valence-corrected chi connectivity index (χ0v) is 20.8. The average Bonchev–Trinajstić information content (AvgIpc) is 2.79. The van der Waals surface area contributed by atoms with Gasteiger partial charge in [-0.05, 0) is 86.2 Å². The minimum absolute atomic E-state index is 0.185. The number of hydrogen-bond donors (Lipinski definition) is 1. The smallest absolute Gasteiger partial charge is 0.126 e. The fourth-order valence-electron chi connectivity index (χ4n) is 4.68. The van der Waals surface area contributed by atoms with Crippen LogP contribution in [0.4, 0.5) is 4.39 Å². The first-order valence-corrected chi connectivity index (χ1v) is 12.8. The van der Waals surface area contributed by atoms with E-state index < -0.39 is 6.17 Å². The number of likely N-dealkylation sites (tertiary alicyclic amines) is 1. The van der Waals surface area contributed by atoms with Crippen LogP contribution in [0, 0.1) is 11.8 Å². The van der Waals surface area contributed by atoms with E-state index in [0.717, 1.165) is 43.4 Å². The van der Waals surface area contributed by atoms with Crippen molar-refractivity contribution in [2.24, 2.45) is 11.8 Å². The molecule has 0 amide bonds. The maximum Gasteiger partial charge on any atom is 0.126 e. The van der Waals surface area contributed by atoms with E-state index >= 15 is 4.39 Å². The zero-order chi connectivity index (χ0) is 23.1. The summed E-state index contributed by atoms with van der Waals surface area (Å²) in [6.07, 6.45) is 4.13. The lowest BCUT2D eigenvalue weighted by atomic mass is 9.81. The Labute approximate surface area is 196 Å². The van der Waals surface area contributed by atoms with Gasteiger partial charge >= 0.3 is 0 Å². The van der Waals surface area contributed by atoms with Crippen molar-refractivity contribution in [3.8, 4) is 5.75 Å². The van der Waals surface area contributed by atoms with Gasteiger partial charge in [0.1, 0.15) is 11.9 Å². The molecule has 1 aliphatic heterocycles. The molecular weight excluding hydrogens is 423 g/mol. The molecule has 2 aromatic rings. The van der Waals surface area contributed by atoms with Gasteiger partial charge in [-0.3, -0.25) is 4.98 Å². The number of fused-ring (bicyclic) bond motifs is 1. The second-order valence-electron chi connectivity index (χ2n) is 9.93. The first-order valence-electron chi connectivity index (χ1n) is 11.8. The number of hydrogen-bond acceptors (Lipinski definition) is 5. The SMILES string of the molecule is COc1ccc2nccc(C(F)CC[C@@H]3CCN(CCCSC(C)(C)C)C[C@@H]3CO)c2c1. The molecule has 1 N–H and O–H groups in total. The van der Waals surface area contributed by atoms with Gasteiger partial charge in [-0.2, -0.15) is 11.8 Å². The van der Waals surface area contributed by atoms with Crippen LogP contribution in [-0.4, -0.2) is 58.8 Å². The summed E-state index contributed by atoms with van der Waals surface area (Å²) in [6.45, 7) is 10.0. The van der Waals surface area contributed by atoms with Gasteiger partial charge in [0.2, 0.25) is 0 Å². The monoisotopic (exact) mass is 462 g/mol. The summed E-state index contributed by atoms with van der Waals surface area (Å²) in [7, 11) is 1.62. The number of methoxy groups -OCH3 is 1. The highest BCUT2D eigenvalue weighted by molar-refractivity contribution is 8.00. The molecule has 0 spiro atoms. The highest BCUT2D eigenvalue weighted by Crippen LogP contribution is 2.35. The number of halogens is 1. The Bertz CT molecular complexity index is 857. The number of ether oxygens (including phenoxy) is 1. The van der Waals surface area contributed by atoms with Crippen LogP contribution in [0.5, 0.6) is 5.75 Å². The summed E-state index contributed by atoms with van der Waals surface area (Å²) < 4.78 is 21.0. The maximum absolute atomic E-state index is 15.3. The van der Waals surface area contributed by atoms with Gasteiger partial charge in [0.25, 0.3) is 0 Å². The predicted octanol–water partition coefficient (Wildman–Crippen LogP) is 5.89. The number of alkyl halides is 1. The summed E-state index contributed by atoms with van der Waals surface area (Å²) in [5.74, 6) is 2.50. The molecule has 0 radical (unpaired) electrons. The highest BCUT2D eigenvalue weighted by atomic mass is 32.2. The molecule has 3 rings (SSSR count). The van der Waals surface area contributed by atoms with Crippen LogP contribution in [0.3, 0.4) is 0 Å². The zero-order valence-electron chi connectivity index (χ0n) is 20.0. The number of aromatic nitrogens is 1. The Kier molecular flexibility index (Phi) is 9.21. The van der Waals surface area contributed by atoms with E-state index in [0.29, 0.717) is 28.4 Å². The molecule has 3 atom stereocenters. The van der Waals surface area contributed by atoms with E-state index in [2.05, 4.69) is 30.7 Å². The van der Waals surface area contributed by atoms with Gasteiger partial charge in [-0.25, -0.2) is 4.39 Å². The summed E-state index contributed by atoms with van der Waals surface area (Å²) in [4.78, 5) is 6.85. The third kappa shape index (κ3) is 7.06. The lowest BCUT2D eigenvalue weighted by molar-refractivity contribution is 0.0640. The number of benzene rings is 1. The lowest BCUT2D eigenvalue weighted by Gasteiger charge is -2.38. The number of pyridine rings is 1. The van der Waals surface area contributed by atoms with Gasteiger partial charge in [-0.15, -0.1) is 0 Å². The van der Waals surface area contributed by atoms with Gasteiger partial charge in [-0.1, -0.05) is 20.8 Å². The maximum atomic E-state index is 15.3. The molecule has 4 nitrogen and oxygen atoms in total. The fraction of sp³-hybridized carbons (Fsp3) is 0.654. The fourth-order valence-corrected chi connectivity index (χ4v) is 5.56. The van der Waals surface area contributed by atoms with Crippen molar-refractivity contribution in [3.63, 3.8) is 0 Å². The minimum Gasteiger partial charge on any atom is -0.497 e. The number of thioether (sulfide) groups is 1. The van der Waals surface area contributed by atoms with Gasteiger partial charge in [0.15, 0.2) is 0 Å². The molecular formula is C26H39FN2O2S. The number of aliphatic hydroxyl groups excluding tert-OH is 1. The molecule has 0 bridgehead atoms. The van der Waals surface area contributed by atoms with Crippen LogP contribution in [0.15, 0.2) is 30.5 Å². The van der Waals surface area contributed by atoms with Gasteiger partial charge in [0, 0.05) is 29.5 Å². The van der Waals surface area contributed by atoms with Crippen molar-refractivity contribution in [1.29, 1.82) is 0 Å². The third-order valence-corrected chi connectivity index (χ3v) is 7.83. The van der Waals surface area contributed by atoms with Crippen molar-refractivity contribution in [2.45, 2.75) is 57.4 Å². The molecule has 1 unspecified atom stereocenters. The van der Waals surface area contributed by atoms with Crippen LogP contribution >= 0.6 is 11.8 Å². The largest absolute Gasteiger partial charge is 0.497 e. The Morgan fingerprint density at radius 1 is 1.28 bits per heavy atom. The van der Waals surface area contributed by atoms with Crippen molar-refractivity contribution in [1.82, 2.24) is 9.88 Å². The number of aliphatic hydroxyl groups is 1. The van der Waals surface area contributed by atoms with Crippen molar-refractivity contribution < 1.29 is 14.2 Å². The lowest BCUT2D eigenvalue weighted by Crippen LogP contribution is -2.42. The van der Waals surface area contributed by atoms with Crippen LogP contribution in [0.1, 0.15) is 58.2 Å². The highest BCUT2D eigenvalue weighted by Gasteiger charge is 2.29. The molecule has 1 aromatic heterocycles. The standard InChI is InChI=1S/C26H39FN2O2S/c1-26(2,3)32-15-5-13-29-14-11-19(20(17-29)18-30)6-8-24(27)22-10-12-28-25-9-7-21(31-4)16-23(22)25/h7,9-10,12,16,19-20,24,30H,5-6,8,11,13-15,17-18H2,1-4H3/t19-,20-,24?/m1/s1. The quantitative estimate of drug-likeness (QED) is 0.446.